The van der Waals surface area contributed by atoms with E-state index in [2.05, 4.69) is 31.9 Å². The summed E-state index contributed by atoms with van der Waals surface area (Å²) in [6, 6.07) is 9.32. The molecule has 108 valence electrons. The Labute approximate surface area is 139 Å². The van der Waals surface area contributed by atoms with Crippen LogP contribution in [0.4, 0.5) is 0 Å². The average Bonchev–Trinajstić information content (AvgIpc) is 2.73. The zero-order chi connectivity index (χ0) is 14.9. The molecule has 1 heterocycles. The first-order valence-electron chi connectivity index (χ1n) is 5.77. The lowest BCUT2D eigenvalue weighted by molar-refractivity contribution is 0.468. The molecule has 0 saturated carbocycles. The van der Waals surface area contributed by atoms with Crippen molar-refractivity contribution in [2.45, 2.75) is 17.7 Å². The number of nitrogens with zero attached hydrogens (tertiary/aromatic N) is 1. The summed E-state index contributed by atoms with van der Waals surface area (Å²) in [5, 5.41) is 0. The molecule has 3 nitrogen and oxygen atoms in total. The molecule has 20 heavy (non-hydrogen) atoms. The summed E-state index contributed by atoms with van der Waals surface area (Å²) in [5.74, 6) is 0. The average molecular weight is 439 g/mol. The van der Waals surface area contributed by atoms with E-state index in [-0.39, 0.29) is 0 Å². The lowest BCUT2D eigenvalue weighted by atomic mass is 10.2. The van der Waals surface area contributed by atoms with Crippen LogP contribution in [-0.2, 0) is 16.6 Å². The maximum atomic E-state index is 12.5. The molecule has 0 amide bonds. The maximum Gasteiger partial charge on any atom is 0.252 e. The predicted molar refractivity (Wildman–Crippen MR) is 89.6 cm³/mol. The lowest BCUT2D eigenvalue weighted by Gasteiger charge is -2.16. The third-order valence-corrected chi connectivity index (χ3v) is 7.74. The number of aryl methyl sites for hydroxylation is 1. The Hall–Kier alpha value is -0.210. The summed E-state index contributed by atoms with van der Waals surface area (Å²) < 4.78 is 28.5. The van der Waals surface area contributed by atoms with Gasteiger partial charge in [0.25, 0.3) is 10.0 Å². The van der Waals surface area contributed by atoms with Gasteiger partial charge in [-0.2, -0.15) is 4.31 Å². The lowest BCUT2D eigenvalue weighted by Crippen LogP contribution is -2.25. The Balaban J connectivity index is 2.23. The van der Waals surface area contributed by atoms with Gasteiger partial charge in [-0.15, -0.1) is 11.3 Å². The van der Waals surface area contributed by atoms with E-state index in [1.165, 1.54) is 15.6 Å². The molecule has 0 aliphatic rings. The van der Waals surface area contributed by atoms with Crippen molar-refractivity contribution in [2.75, 3.05) is 7.05 Å². The summed E-state index contributed by atoms with van der Waals surface area (Å²) in [6.07, 6.45) is 0. The third-order valence-electron chi connectivity index (χ3n) is 2.82. The molecular weight excluding hydrogens is 426 g/mol. The molecule has 2 aromatic rings. The van der Waals surface area contributed by atoms with Gasteiger partial charge >= 0.3 is 0 Å². The van der Waals surface area contributed by atoms with Crippen molar-refractivity contribution < 1.29 is 8.42 Å². The van der Waals surface area contributed by atoms with Gasteiger partial charge in [0.15, 0.2) is 0 Å². The van der Waals surface area contributed by atoms with Crippen LogP contribution < -0.4 is 0 Å². The van der Waals surface area contributed by atoms with E-state index in [1.54, 1.807) is 13.1 Å². The normalized spacial score (nSPS) is 12.1. The molecule has 0 radical (unpaired) electrons. The second-order valence-electron chi connectivity index (χ2n) is 4.41. The van der Waals surface area contributed by atoms with E-state index in [1.807, 2.05) is 31.2 Å². The third kappa shape index (κ3) is 3.51. The zero-order valence-electron chi connectivity index (χ0n) is 10.9. The van der Waals surface area contributed by atoms with Crippen LogP contribution in [0.1, 0.15) is 11.1 Å². The fourth-order valence-corrected chi connectivity index (χ4v) is 5.50. The van der Waals surface area contributed by atoms with Crippen molar-refractivity contribution >= 4 is 53.2 Å². The fourth-order valence-electron chi connectivity index (χ4n) is 1.64. The van der Waals surface area contributed by atoms with Crippen molar-refractivity contribution in [3.63, 3.8) is 0 Å². The molecule has 1 aromatic carbocycles. The molecule has 0 saturated heterocycles. The molecule has 0 spiro atoms. The summed E-state index contributed by atoms with van der Waals surface area (Å²) in [7, 11) is -1.84. The van der Waals surface area contributed by atoms with E-state index in [0.717, 1.165) is 19.4 Å². The number of hydrogen-bond acceptors (Lipinski definition) is 3. The number of benzene rings is 1. The molecule has 1 aromatic heterocycles. The first kappa shape index (κ1) is 16.2. The molecule has 7 heteroatoms. The summed E-state index contributed by atoms with van der Waals surface area (Å²) in [5.41, 5.74) is 1.89. The Kier molecular flexibility index (Phi) is 5.07. The topological polar surface area (TPSA) is 37.4 Å². The molecule has 2 rings (SSSR count). The van der Waals surface area contributed by atoms with Crippen molar-refractivity contribution in [3.05, 3.63) is 49.7 Å². The van der Waals surface area contributed by atoms with Crippen molar-refractivity contribution in [2.24, 2.45) is 0 Å². The largest absolute Gasteiger partial charge is 0.252 e. The molecule has 0 fully saturated rings. The number of halogens is 2. The van der Waals surface area contributed by atoms with Crippen LogP contribution >= 0.6 is 43.2 Å². The highest BCUT2D eigenvalue weighted by Crippen LogP contribution is 2.32. The predicted octanol–water partition coefficient (Wildman–Crippen LogP) is 4.40. The summed E-state index contributed by atoms with van der Waals surface area (Å²) >= 11 is 7.97. The summed E-state index contributed by atoms with van der Waals surface area (Å²) in [6.45, 7) is 2.23. The van der Waals surface area contributed by atoms with Crippen LogP contribution in [0.3, 0.4) is 0 Å². The smallest absolute Gasteiger partial charge is 0.206 e. The van der Waals surface area contributed by atoms with Gasteiger partial charge in [-0.25, -0.2) is 8.42 Å². The van der Waals surface area contributed by atoms with E-state index in [0.29, 0.717) is 10.8 Å². The van der Waals surface area contributed by atoms with Gasteiger partial charge in [0.2, 0.25) is 0 Å². The van der Waals surface area contributed by atoms with Crippen molar-refractivity contribution in [1.29, 1.82) is 0 Å². The van der Waals surface area contributed by atoms with Crippen LogP contribution in [0, 0.1) is 6.92 Å². The number of hydrogen-bond donors (Lipinski definition) is 0. The fraction of sp³-hybridized carbons (Fsp3) is 0.231. The van der Waals surface area contributed by atoms with Crippen LogP contribution in [0.5, 0.6) is 0 Å². The van der Waals surface area contributed by atoms with Gasteiger partial charge < -0.3 is 0 Å². The summed E-state index contributed by atoms with van der Waals surface area (Å²) in [4.78, 5) is 0. The highest BCUT2D eigenvalue weighted by molar-refractivity contribution is 9.11. The number of rotatable bonds is 4. The molecule has 0 aliphatic heterocycles. The first-order chi connectivity index (χ1) is 9.30. The molecular formula is C13H13Br2NO2S2. The van der Waals surface area contributed by atoms with Gasteiger partial charge in [0.1, 0.15) is 4.21 Å². The van der Waals surface area contributed by atoms with Crippen molar-refractivity contribution in [3.8, 4) is 0 Å². The van der Waals surface area contributed by atoms with E-state index in [9.17, 15) is 8.42 Å². The van der Waals surface area contributed by atoms with Gasteiger partial charge in [-0.1, -0.05) is 28.1 Å². The molecule has 0 N–H and O–H groups in total. The first-order valence-corrected chi connectivity index (χ1v) is 9.61. The minimum absolute atomic E-state index is 0.351. The van der Waals surface area contributed by atoms with Gasteiger partial charge in [-0.05, 0) is 52.2 Å². The van der Waals surface area contributed by atoms with Crippen LogP contribution in [-0.4, -0.2) is 19.8 Å². The van der Waals surface area contributed by atoms with Crippen LogP contribution in [0.15, 0.2) is 42.8 Å². The Morgan fingerprint density at radius 3 is 2.30 bits per heavy atom. The number of thiophene rings is 1. The second-order valence-corrected chi connectivity index (χ2v) is 9.97. The van der Waals surface area contributed by atoms with Gasteiger partial charge in [0.05, 0.1) is 3.79 Å². The standard InChI is InChI=1S/C13H13Br2NO2S2/c1-9-7-12(19-13(9)15)20(17,18)16(2)8-10-3-5-11(14)6-4-10/h3-7H,8H2,1-2H3. The van der Waals surface area contributed by atoms with Gasteiger partial charge in [-0.3, -0.25) is 0 Å². The quantitative estimate of drug-likeness (QED) is 0.709. The second kappa shape index (κ2) is 6.27. The highest BCUT2D eigenvalue weighted by atomic mass is 79.9. The zero-order valence-corrected chi connectivity index (χ0v) is 15.7. The minimum atomic E-state index is -3.44. The maximum absolute atomic E-state index is 12.5. The Morgan fingerprint density at radius 1 is 1.20 bits per heavy atom. The van der Waals surface area contributed by atoms with E-state index >= 15 is 0 Å². The SMILES string of the molecule is Cc1cc(S(=O)(=O)N(C)Cc2ccc(Br)cc2)sc1Br. The minimum Gasteiger partial charge on any atom is -0.206 e. The molecule has 0 unspecified atom stereocenters. The molecule has 0 atom stereocenters. The Morgan fingerprint density at radius 2 is 1.80 bits per heavy atom. The monoisotopic (exact) mass is 437 g/mol. The van der Waals surface area contributed by atoms with Crippen LogP contribution in [0.2, 0.25) is 0 Å². The molecule has 0 bridgehead atoms. The number of sulfonamides is 1. The van der Waals surface area contributed by atoms with Gasteiger partial charge in [0, 0.05) is 18.1 Å². The van der Waals surface area contributed by atoms with E-state index < -0.39 is 10.0 Å². The highest BCUT2D eigenvalue weighted by Gasteiger charge is 2.23. The van der Waals surface area contributed by atoms with Crippen molar-refractivity contribution in [1.82, 2.24) is 4.31 Å². The van der Waals surface area contributed by atoms with Crippen LogP contribution in [0.25, 0.3) is 0 Å². The Bertz CT molecular complexity index is 689. The molecule has 0 aliphatic carbocycles. The van der Waals surface area contributed by atoms with E-state index in [4.69, 9.17) is 0 Å².